The number of hydrogen-bond acceptors (Lipinski definition) is 6. The Kier molecular flexibility index (Phi) is 4.68. The highest BCUT2D eigenvalue weighted by Gasteiger charge is 2.14. The van der Waals surface area contributed by atoms with E-state index < -0.39 is 0 Å². The minimum absolute atomic E-state index is 0.213. The molecule has 23 heavy (non-hydrogen) atoms. The van der Waals surface area contributed by atoms with Gasteiger partial charge in [0.2, 0.25) is 6.79 Å². The molecule has 7 heteroatoms. The van der Waals surface area contributed by atoms with E-state index in [-0.39, 0.29) is 25.1 Å². The normalized spacial score (nSPS) is 12.2. The molecule has 1 aliphatic rings. The first-order valence-corrected chi connectivity index (χ1v) is 7.14. The number of fused-ring (bicyclic) bond motifs is 1. The Morgan fingerprint density at radius 2 is 2.09 bits per heavy atom. The zero-order valence-electron chi connectivity index (χ0n) is 12.7. The summed E-state index contributed by atoms with van der Waals surface area (Å²) in [5, 5.41) is 2.69. The molecular formula is C16H17NO6. The van der Waals surface area contributed by atoms with Crippen molar-refractivity contribution < 1.29 is 28.2 Å². The number of benzene rings is 1. The Bertz CT molecular complexity index is 681. The van der Waals surface area contributed by atoms with Gasteiger partial charge in [-0.2, -0.15) is 0 Å². The van der Waals surface area contributed by atoms with Crippen LogP contribution in [0.1, 0.15) is 16.3 Å². The van der Waals surface area contributed by atoms with Gasteiger partial charge in [0.15, 0.2) is 17.3 Å². The van der Waals surface area contributed by atoms with Crippen LogP contribution in [0.5, 0.6) is 17.2 Å². The van der Waals surface area contributed by atoms with E-state index in [2.05, 4.69) is 5.32 Å². The second kappa shape index (κ2) is 7.06. The molecule has 1 aromatic heterocycles. The largest absolute Gasteiger partial charge is 0.486 e. The van der Waals surface area contributed by atoms with E-state index in [9.17, 15) is 4.79 Å². The lowest BCUT2D eigenvalue weighted by Gasteiger charge is -2.05. The minimum Gasteiger partial charge on any atom is -0.486 e. The molecule has 0 saturated heterocycles. The fourth-order valence-electron chi connectivity index (χ4n) is 2.05. The van der Waals surface area contributed by atoms with Gasteiger partial charge in [-0.3, -0.25) is 4.79 Å². The van der Waals surface area contributed by atoms with Crippen LogP contribution in [0.2, 0.25) is 0 Å². The van der Waals surface area contributed by atoms with E-state index >= 15 is 0 Å². The number of furan rings is 1. The molecule has 2 aromatic rings. The third-order valence-electron chi connectivity index (χ3n) is 3.20. The average Bonchev–Trinajstić information content (AvgIpc) is 3.21. The lowest BCUT2D eigenvalue weighted by atomic mass is 10.3. The Morgan fingerprint density at radius 1 is 1.22 bits per heavy atom. The molecule has 2 heterocycles. The average molecular weight is 319 g/mol. The van der Waals surface area contributed by atoms with Gasteiger partial charge in [0.1, 0.15) is 18.1 Å². The van der Waals surface area contributed by atoms with Crippen LogP contribution in [0.25, 0.3) is 0 Å². The molecule has 1 amide bonds. The fourth-order valence-corrected chi connectivity index (χ4v) is 2.05. The third kappa shape index (κ3) is 3.75. The SMILES string of the molecule is COCCNC(=O)c1ccc(COc2ccc3c(c2)OCO3)o1. The van der Waals surface area contributed by atoms with Crippen molar-refractivity contribution in [2.45, 2.75) is 6.61 Å². The standard InChI is InChI=1S/C16H17NO6/c1-19-7-6-17-16(18)14-5-3-12(23-14)9-20-11-2-4-13-15(8-11)22-10-21-13/h2-5,8H,6-7,9-10H2,1H3,(H,17,18). The fraction of sp³-hybridized carbons (Fsp3) is 0.312. The predicted molar refractivity (Wildman–Crippen MR) is 79.8 cm³/mol. The van der Waals surface area contributed by atoms with Gasteiger partial charge < -0.3 is 28.7 Å². The van der Waals surface area contributed by atoms with Crippen LogP contribution in [0.3, 0.4) is 0 Å². The summed E-state index contributed by atoms with van der Waals surface area (Å²) in [5.41, 5.74) is 0. The van der Waals surface area contributed by atoms with Crippen LogP contribution in [0, 0.1) is 0 Å². The molecule has 0 spiro atoms. The molecule has 1 aromatic carbocycles. The number of carbonyl (C=O) groups excluding carboxylic acids is 1. The highest BCUT2D eigenvalue weighted by atomic mass is 16.7. The van der Waals surface area contributed by atoms with E-state index in [0.717, 1.165) is 0 Å². The van der Waals surface area contributed by atoms with Crippen molar-refractivity contribution in [3.8, 4) is 17.2 Å². The second-order valence-electron chi connectivity index (χ2n) is 4.82. The first kappa shape index (κ1) is 15.2. The lowest BCUT2D eigenvalue weighted by Crippen LogP contribution is -2.26. The number of rotatable bonds is 7. The van der Waals surface area contributed by atoms with E-state index in [1.54, 1.807) is 37.4 Å². The Balaban J connectivity index is 1.54. The first-order valence-electron chi connectivity index (χ1n) is 7.14. The van der Waals surface area contributed by atoms with E-state index in [1.165, 1.54) is 0 Å². The molecule has 0 bridgehead atoms. The summed E-state index contributed by atoms with van der Waals surface area (Å²) >= 11 is 0. The number of amides is 1. The topological polar surface area (TPSA) is 79.2 Å². The first-order chi connectivity index (χ1) is 11.3. The van der Waals surface area contributed by atoms with E-state index in [0.29, 0.717) is 36.2 Å². The van der Waals surface area contributed by atoms with Crippen LogP contribution in [-0.2, 0) is 11.3 Å². The molecule has 0 unspecified atom stereocenters. The van der Waals surface area contributed by atoms with Crippen LogP contribution < -0.4 is 19.5 Å². The highest BCUT2D eigenvalue weighted by molar-refractivity contribution is 5.91. The van der Waals surface area contributed by atoms with Crippen molar-refractivity contribution in [1.82, 2.24) is 5.32 Å². The zero-order valence-corrected chi connectivity index (χ0v) is 12.7. The number of methoxy groups -OCH3 is 1. The Labute approximate surface area is 133 Å². The maximum Gasteiger partial charge on any atom is 0.287 e. The van der Waals surface area contributed by atoms with Gasteiger partial charge in [-0.15, -0.1) is 0 Å². The molecular weight excluding hydrogens is 302 g/mol. The van der Waals surface area contributed by atoms with Crippen molar-refractivity contribution in [2.24, 2.45) is 0 Å². The molecule has 122 valence electrons. The molecule has 0 fully saturated rings. The summed E-state index contributed by atoms with van der Waals surface area (Å²) in [6, 6.07) is 8.64. The van der Waals surface area contributed by atoms with Crippen molar-refractivity contribution in [3.63, 3.8) is 0 Å². The molecule has 0 atom stereocenters. The Hall–Kier alpha value is -2.67. The molecule has 0 saturated carbocycles. The lowest BCUT2D eigenvalue weighted by molar-refractivity contribution is 0.0905. The number of carbonyl (C=O) groups is 1. The second-order valence-corrected chi connectivity index (χ2v) is 4.82. The maximum atomic E-state index is 11.8. The molecule has 0 aliphatic carbocycles. The molecule has 1 aliphatic heterocycles. The van der Waals surface area contributed by atoms with Gasteiger partial charge in [0, 0.05) is 19.7 Å². The summed E-state index contributed by atoms with van der Waals surface area (Å²) in [4.78, 5) is 11.8. The van der Waals surface area contributed by atoms with Crippen LogP contribution in [0.4, 0.5) is 0 Å². The zero-order chi connectivity index (χ0) is 16.1. The molecule has 7 nitrogen and oxygen atoms in total. The molecule has 3 rings (SSSR count). The van der Waals surface area contributed by atoms with E-state index in [4.69, 9.17) is 23.4 Å². The summed E-state index contributed by atoms with van der Waals surface area (Å²) in [6.45, 7) is 1.31. The monoisotopic (exact) mass is 319 g/mol. The van der Waals surface area contributed by atoms with Crippen LogP contribution >= 0.6 is 0 Å². The van der Waals surface area contributed by atoms with Crippen LogP contribution in [-0.4, -0.2) is 33.0 Å². The number of ether oxygens (including phenoxy) is 4. The van der Waals surface area contributed by atoms with Crippen LogP contribution in [0.15, 0.2) is 34.7 Å². The van der Waals surface area contributed by atoms with Crippen molar-refractivity contribution in [3.05, 3.63) is 41.9 Å². The third-order valence-corrected chi connectivity index (χ3v) is 3.20. The predicted octanol–water partition coefficient (Wildman–Crippen LogP) is 1.96. The van der Waals surface area contributed by atoms with Crippen molar-refractivity contribution in [1.29, 1.82) is 0 Å². The quantitative estimate of drug-likeness (QED) is 0.786. The summed E-state index contributed by atoms with van der Waals surface area (Å²) < 4.78 is 26.5. The summed E-state index contributed by atoms with van der Waals surface area (Å²) in [7, 11) is 1.57. The molecule has 0 radical (unpaired) electrons. The van der Waals surface area contributed by atoms with Gasteiger partial charge in [-0.1, -0.05) is 0 Å². The van der Waals surface area contributed by atoms with Gasteiger partial charge in [0.05, 0.1) is 6.61 Å². The minimum atomic E-state index is -0.281. The van der Waals surface area contributed by atoms with Gasteiger partial charge in [0.25, 0.3) is 5.91 Å². The smallest absolute Gasteiger partial charge is 0.287 e. The van der Waals surface area contributed by atoms with Gasteiger partial charge >= 0.3 is 0 Å². The number of hydrogen-bond donors (Lipinski definition) is 1. The maximum absolute atomic E-state index is 11.8. The number of nitrogens with one attached hydrogen (secondary N) is 1. The summed E-state index contributed by atoms with van der Waals surface area (Å²) in [5.74, 6) is 2.50. The van der Waals surface area contributed by atoms with Gasteiger partial charge in [-0.05, 0) is 24.3 Å². The van der Waals surface area contributed by atoms with E-state index in [1.807, 2.05) is 0 Å². The molecule has 1 N–H and O–H groups in total. The van der Waals surface area contributed by atoms with Gasteiger partial charge in [-0.25, -0.2) is 0 Å². The van der Waals surface area contributed by atoms with Crippen molar-refractivity contribution >= 4 is 5.91 Å². The highest BCUT2D eigenvalue weighted by Crippen LogP contribution is 2.35. The summed E-state index contributed by atoms with van der Waals surface area (Å²) in [6.07, 6.45) is 0. The van der Waals surface area contributed by atoms with Crippen molar-refractivity contribution in [2.75, 3.05) is 27.1 Å². The Morgan fingerprint density at radius 3 is 2.96 bits per heavy atom.